The fourth-order valence-corrected chi connectivity index (χ4v) is 2.87. The lowest BCUT2D eigenvalue weighted by molar-refractivity contribution is -0.112. The molecule has 29 heavy (non-hydrogen) atoms. The lowest BCUT2D eigenvalue weighted by Crippen LogP contribution is -2.13. The van der Waals surface area contributed by atoms with Gasteiger partial charge in [0.05, 0.1) is 10.6 Å². The van der Waals surface area contributed by atoms with Gasteiger partial charge in [-0.15, -0.1) is 0 Å². The zero-order valence-corrected chi connectivity index (χ0v) is 16.2. The maximum Gasteiger partial charge on any atom is 0.337 e. The minimum Gasteiger partial charge on any atom is -0.478 e. The van der Waals surface area contributed by atoms with E-state index in [4.69, 9.17) is 27.6 Å². The van der Waals surface area contributed by atoms with E-state index in [1.165, 1.54) is 18.2 Å². The fourth-order valence-electron chi connectivity index (χ4n) is 2.48. The van der Waals surface area contributed by atoms with Gasteiger partial charge in [-0.05, 0) is 48.5 Å². The first-order valence-electron chi connectivity index (χ1n) is 8.19. The van der Waals surface area contributed by atoms with Crippen LogP contribution in [0.5, 0.6) is 0 Å². The molecule has 0 spiro atoms. The number of furan rings is 1. The molecule has 0 aliphatic heterocycles. The molecular weight excluding hydrogens is 415 g/mol. The van der Waals surface area contributed by atoms with Gasteiger partial charge in [0.1, 0.15) is 23.2 Å². The number of carbonyl (C=O) groups is 2. The number of carboxylic acids is 1. The molecule has 0 aliphatic rings. The molecule has 6 nitrogen and oxygen atoms in total. The number of hydrogen-bond acceptors (Lipinski definition) is 4. The van der Waals surface area contributed by atoms with E-state index in [0.29, 0.717) is 22.0 Å². The van der Waals surface area contributed by atoms with E-state index in [1.54, 1.807) is 42.5 Å². The lowest BCUT2D eigenvalue weighted by Gasteiger charge is -2.04. The van der Waals surface area contributed by atoms with Gasteiger partial charge >= 0.3 is 5.97 Å². The van der Waals surface area contributed by atoms with Crippen LogP contribution in [0.15, 0.2) is 64.6 Å². The summed E-state index contributed by atoms with van der Waals surface area (Å²) in [5.74, 6) is -1.16. The summed E-state index contributed by atoms with van der Waals surface area (Å²) < 4.78 is 5.63. The van der Waals surface area contributed by atoms with Crippen molar-refractivity contribution < 1.29 is 19.1 Å². The Labute approximate surface area is 175 Å². The van der Waals surface area contributed by atoms with Crippen LogP contribution in [0.1, 0.15) is 16.1 Å². The standard InChI is InChI=1S/C21H12Cl2N2O4/c22-14-2-1-3-15(10-14)25-20(26)13(11-24)8-16-5-7-19(29-16)12-4-6-18(23)17(9-12)21(27)28/h1-10H,(H,25,26)(H,27,28)/b13-8+. The predicted molar refractivity (Wildman–Crippen MR) is 110 cm³/mol. The third-order valence-corrected chi connectivity index (χ3v) is 4.41. The number of rotatable bonds is 5. The van der Waals surface area contributed by atoms with Crippen LogP contribution in [0.4, 0.5) is 5.69 Å². The molecule has 2 aromatic carbocycles. The molecule has 2 N–H and O–H groups in total. The topological polar surface area (TPSA) is 103 Å². The van der Waals surface area contributed by atoms with Gasteiger partial charge in [-0.25, -0.2) is 4.79 Å². The van der Waals surface area contributed by atoms with Crippen LogP contribution in [-0.2, 0) is 4.79 Å². The Morgan fingerprint density at radius 2 is 1.90 bits per heavy atom. The molecule has 144 valence electrons. The van der Waals surface area contributed by atoms with Crippen LogP contribution in [0, 0.1) is 11.3 Å². The summed E-state index contributed by atoms with van der Waals surface area (Å²) >= 11 is 11.8. The number of carbonyl (C=O) groups excluding carboxylic acids is 1. The highest BCUT2D eigenvalue weighted by molar-refractivity contribution is 6.33. The first kappa shape index (κ1) is 20.2. The predicted octanol–water partition coefficient (Wildman–Crippen LogP) is 5.50. The van der Waals surface area contributed by atoms with Crippen molar-refractivity contribution in [2.45, 2.75) is 0 Å². The molecule has 3 aromatic rings. The quantitative estimate of drug-likeness (QED) is 0.414. The molecule has 0 radical (unpaired) electrons. The highest BCUT2D eigenvalue weighted by Crippen LogP contribution is 2.28. The minimum atomic E-state index is -1.16. The Hall–Kier alpha value is -3.53. The van der Waals surface area contributed by atoms with Gasteiger partial charge in [0, 0.05) is 22.3 Å². The van der Waals surface area contributed by atoms with Crippen molar-refractivity contribution in [1.82, 2.24) is 0 Å². The first-order valence-corrected chi connectivity index (χ1v) is 8.95. The number of hydrogen-bond donors (Lipinski definition) is 2. The monoisotopic (exact) mass is 426 g/mol. The van der Waals surface area contributed by atoms with Gasteiger partial charge in [-0.2, -0.15) is 5.26 Å². The number of nitrogens with one attached hydrogen (secondary N) is 1. The molecule has 0 fully saturated rings. The largest absolute Gasteiger partial charge is 0.478 e. The number of aromatic carboxylic acids is 1. The average molecular weight is 427 g/mol. The Morgan fingerprint density at radius 1 is 1.10 bits per heavy atom. The fraction of sp³-hybridized carbons (Fsp3) is 0. The second kappa shape index (κ2) is 8.65. The zero-order valence-electron chi connectivity index (χ0n) is 14.6. The van der Waals surface area contributed by atoms with Crippen LogP contribution >= 0.6 is 23.2 Å². The van der Waals surface area contributed by atoms with E-state index in [9.17, 15) is 20.0 Å². The molecule has 1 amide bonds. The van der Waals surface area contributed by atoms with E-state index >= 15 is 0 Å². The molecule has 0 unspecified atom stereocenters. The molecule has 3 rings (SSSR count). The number of amides is 1. The summed E-state index contributed by atoms with van der Waals surface area (Å²) in [6.07, 6.45) is 1.29. The van der Waals surface area contributed by atoms with Crippen molar-refractivity contribution in [1.29, 1.82) is 5.26 Å². The highest BCUT2D eigenvalue weighted by Gasteiger charge is 2.14. The number of halogens is 2. The van der Waals surface area contributed by atoms with Crippen molar-refractivity contribution in [2.24, 2.45) is 0 Å². The third kappa shape index (κ3) is 4.85. The van der Waals surface area contributed by atoms with Crippen LogP contribution in [0.3, 0.4) is 0 Å². The lowest BCUT2D eigenvalue weighted by atomic mass is 10.1. The van der Waals surface area contributed by atoms with Crippen molar-refractivity contribution in [3.05, 3.63) is 81.5 Å². The molecule has 0 saturated heterocycles. The average Bonchev–Trinajstić information content (AvgIpc) is 3.14. The maximum absolute atomic E-state index is 12.3. The van der Waals surface area contributed by atoms with Gasteiger partial charge in [0.15, 0.2) is 0 Å². The van der Waals surface area contributed by atoms with Crippen molar-refractivity contribution in [3.8, 4) is 17.4 Å². The van der Waals surface area contributed by atoms with Crippen LogP contribution in [-0.4, -0.2) is 17.0 Å². The molecule has 1 aromatic heterocycles. The summed E-state index contributed by atoms with van der Waals surface area (Å²) in [7, 11) is 0. The Balaban J connectivity index is 1.84. The summed E-state index contributed by atoms with van der Waals surface area (Å²) in [5.41, 5.74) is 0.712. The van der Waals surface area contributed by atoms with E-state index in [-0.39, 0.29) is 21.9 Å². The van der Waals surface area contributed by atoms with Crippen molar-refractivity contribution in [2.75, 3.05) is 5.32 Å². The molecule has 1 heterocycles. The van der Waals surface area contributed by atoms with Crippen LogP contribution in [0.25, 0.3) is 17.4 Å². The second-order valence-electron chi connectivity index (χ2n) is 5.84. The molecule has 8 heteroatoms. The number of nitrogens with zero attached hydrogens (tertiary/aromatic N) is 1. The molecule has 0 bridgehead atoms. The Bertz CT molecular complexity index is 1180. The van der Waals surface area contributed by atoms with Gasteiger partial charge in [0.25, 0.3) is 5.91 Å². The first-order chi connectivity index (χ1) is 13.9. The smallest absolute Gasteiger partial charge is 0.337 e. The van der Waals surface area contributed by atoms with Gasteiger partial charge in [0.2, 0.25) is 0 Å². The highest BCUT2D eigenvalue weighted by atomic mass is 35.5. The van der Waals surface area contributed by atoms with Gasteiger partial charge < -0.3 is 14.8 Å². The molecule has 0 aliphatic carbocycles. The van der Waals surface area contributed by atoms with E-state index in [1.807, 2.05) is 6.07 Å². The molecule has 0 atom stereocenters. The normalized spacial score (nSPS) is 11.0. The zero-order chi connectivity index (χ0) is 21.0. The molecular formula is C21H12Cl2N2O4. The number of carboxylic acid groups (broad SMARTS) is 1. The van der Waals surface area contributed by atoms with E-state index in [2.05, 4.69) is 5.32 Å². The SMILES string of the molecule is N#C/C(=C\c1ccc(-c2ccc(Cl)c(C(=O)O)c2)o1)C(=O)Nc1cccc(Cl)c1. The van der Waals surface area contributed by atoms with E-state index < -0.39 is 11.9 Å². The Kier molecular flexibility index (Phi) is 6.03. The number of nitriles is 1. The van der Waals surface area contributed by atoms with Gasteiger partial charge in [-0.3, -0.25) is 4.79 Å². The second-order valence-corrected chi connectivity index (χ2v) is 6.68. The summed E-state index contributed by atoms with van der Waals surface area (Å²) in [4.78, 5) is 23.6. The van der Waals surface area contributed by atoms with Crippen LogP contribution < -0.4 is 5.32 Å². The summed E-state index contributed by atoms with van der Waals surface area (Å²) in [5, 5.41) is 21.6. The maximum atomic E-state index is 12.3. The van der Waals surface area contributed by atoms with Crippen LogP contribution in [0.2, 0.25) is 10.0 Å². The summed E-state index contributed by atoms with van der Waals surface area (Å²) in [6, 6.07) is 16.0. The third-order valence-electron chi connectivity index (χ3n) is 3.84. The molecule has 0 saturated carbocycles. The van der Waals surface area contributed by atoms with Crippen molar-refractivity contribution in [3.63, 3.8) is 0 Å². The van der Waals surface area contributed by atoms with Gasteiger partial charge in [-0.1, -0.05) is 29.3 Å². The number of anilines is 1. The minimum absolute atomic E-state index is 0.0590. The Morgan fingerprint density at radius 3 is 2.59 bits per heavy atom. The number of benzene rings is 2. The van der Waals surface area contributed by atoms with Crippen molar-refractivity contribution >= 4 is 46.8 Å². The van der Waals surface area contributed by atoms with E-state index in [0.717, 1.165) is 0 Å². The summed E-state index contributed by atoms with van der Waals surface area (Å²) in [6.45, 7) is 0.